The lowest BCUT2D eigenvalue weighted by Crippen LogP contribution is -2.39. The van der Waals surface area contributed by atoms with Gasteiger partial charge in [0.15, 0.2) is 5.96 Å². The molecular weight excluding hydrogens is 326 g/mol. The molecule has 5 heteroatoms. The smallest absolute Gasteiger partial charge is 0.193 e. The van der Waals surface area contributed by atoms with Crippen LogP contribution in [-0.4, -0.2) is 43.2 Å². The van der Waals surface area contributed by atoms with Crippen LogP contribution < -0.4 is 10.1 Å². The number of benzene rings is 2. The number of aryl methyl sites for hydroxylation is 1. The first-order valence-electron chi connectivity index (χ1n) is 9.03. The van der Waals surface area contributed by atoms with Crippen LogP contribution in [0.15, 0.2) is 53.5 Å². The predicted octanol–water partition coefficient (Wildman–Crippen LogP) is 3.43. The Kier molecular flexibility index (Phi) is 7.80. The van der Waals surface area contributed by atoms with Crippen molar-refractivity contribution in [2.45, 2.75) is 26.3 Å². The maximum absolute atomic E-state index is 9.32. The third kappa shape index (κ3) is 6.31. The van der Waals surface area contributed by atoms with Crippen molar-refractivity contribution in [2.75, 3.05) is 27.2 Å². The lowest BCUT2D eigenvalue weighted by molar-refractivity contribution is 0.340. The molecule has 5 nitrogen and oxygen atoms in total. The highest BCUT2D eigenvalue weighted by atomic mass is 16.5. The van der Waals surface area contributed by atoms with Crippen molar-refractivity contribution < 1.29 is 9.84 Å². The van der Waals surface area contributed by atoms with Gasteiger partial charge in [-0.3, -0.25) is 4.99 Å². The van der Waals surface area contributed by atoms with Gasteiger partial charge in [-0.15, -0.1) is 0 Å². The number of hydrogen-bond acceptors (Lipinski definition) is 3. The molecule has 0 spiro atoms. The largest absolute Gasteiger partial charge is 0.508 e. The number of nitrogens with zero attached hydrogens (tertiary/aromatic N) is 2. The number of guanidine groups is 1. The average molecular weight is 355 g/mol. The Morgan fingerprint density at radius 3 is 2.35 bits per heavy atom. The Hall–Kier alpha value is -2.69. The van der Waals surface area contributed by atoms with E-state index in [1.165, 1.54) is 11.1 Å². The minimum atomic E-state index is 0.309. The Morgan fingerprint density at radius 1 is 1.08 bits per heavy atom. The summed E-state index contributed by atoms with van der Waals surface area (Å²) in [5.41, 5.74) is 2.44. The number of aliphatic imine (C=N–C) groups is 1. The lowest BCUT2D eigenvalue weighted by atomic mass is 10.1. The van der Waals surface area contributed by atoms with E-state index in [4.69, 9.17) is 4.74 Å². The molecule has 140 valence electrons. The Labute approximate surface area is 156 Å². The fraction of sp³-hybridized carbons (Fsp3) is 0.381. The van der Waals surface area contributed by atoms with Gasteiger partial charge < -0.3 is 20.1 Å². The van der Waals surface area contributed by atoms with Gasteiger partial charge in [0.1, 0.15) is 11.5 Å². The zero-order valence-corrected chi connectivity index (χ0v) is 15.9. The van der Waals surface area contributed by atoms with Crippen LogP contribution in [0.25, 0.3) is 0 Å². The molecule has 0 saturated heterocycles. The second kappa shape index (κ2) is 10.3. The molecule has 0 radical (unpaired) electrons. The summed E-state index contributed by atoms with van der Waals surface area (Å²) in [7, 11) is 3.84. The van der Waals surface area contributed by atoms with E-state index in [9.17, 15) is 5.11 Å². The molecule has 0 amide bonds. The first-order chi connectivity index (χ1) is 12.6. The monoisotopic (exact) mass is 355 g/mol. The quantitative estimate of drug-likeness (QED) is 0.433. The van der Waals surface area contributed by atoms with Crippen LogP contribution in [0.3, 0.4) is 0 Å². The maximum atomic E-state index is 9.32. The zero-order valence-electron chi connectivity index (χ0n) is 15.9. The van der Waals surface area contributed by atoms with Crippen molar-refractivity contribution in [1.29, 1.82) is 0 Å². The molecule has 0 atom stereocenters. The van der Waals surface area contributed by atoms with Gasteiger partial charge >= 0.3 is 0 Å². The van der Waals surface area contributed by atoms with E-state index in [-0.39, 0.29) is 0 Å². The van der Waals surface area contributed by atoms with Crippen LogP contribution in [0, 0.1) is 0 Å². The van der Waals surface area contributed by atoms with Gasteiger partial charge in [0.25, 0.3) is 0 Å². The molecule has 0 bridgehead atoms. The molecular formula is C21H29N3O2. The fourth-order valence-corrected chi connectivity index (χ4v) is 2.75. The second-order valence-corrected chi connectivity index (χ2v) is 6.18. The van der Waals surface area contributed by atoms with Crippen LogP contribution in [0.5, 0.6) is 11.5 Å². The van der Waals surface area contributed by atoms with E-state index < -0.39 is 0 Å². The molecule has 26 heavy (non-hydrogen) atoms. The van der Waals surface area contributed by atoms with E-state index >= 15 is 0 Å². The highest BCUT2D eigenvalue weighted by Gasteiger charge is 2.06. The molecule has 2 aromatic rings. The minimum absolute atomic E-state index is 0.309. The molecule has 0 aliphatic rings. The molecule has 0 aliphatic carbocycles. The average Bonchev–Trinajstić information content (AvgIpc) is 2.65. The Morgan fingerprint density at radius 2 is 1.73 bits per heavy atom. The highest BCUT2D eigenvalue weighted by molar-refractivity contribution is 5.79. The molecule has 0 unspecified atom stereocenters. The van der Waals surface area contributed by atoms with Crippen molar-refractivity contribution in [3.05, 3.63) is 59.7 Å². The third-order valence-electron chi connectivity index (χ3n) is 4.09. The summed E-state index contributed by atoms with van der Waals surface area (Å²) in [5.74, 6) is 2.09. The number of phenols is 1. The van der Waals surface area contributed by atoms with Gasteiger partial charge in [-0.1, -0.05) is 24.3 Å². The summed E-state index contributed by atoms with van der Waals surface area (Å²) in [4.78, 5) is 6.47. The molecule has 2 aromatic carbocycles. The number of rotatable bonds is 8. The van der Waals surface area contributed by atoms with Crippen LogP contribution in [-0.2, 0) is 13.0 Å². The number of nitrogens with one attached hydrogen (secondary N) is 1. The molecule has 0 aliphatic heterocycles. The van der Waals surface area contributed by atoms with Crippen LogP contribution >= 0.6 is 0 Å². The normalized spacial score (nSPS) is 11.3. The summed E-state index contributed by atoms with van der Waals surface area (Å²) >= 11 is 0. The summed E-state index contributed by atoms with van der Waals surface area (Å²) in [6.07, 6.45) is 1.97. The van der Waals surface area contributed by atoms with Gasteiger partial charge in [-0.2, -0.15) is 0 Å². The number of ether oxygens (including phenoxy) is 1. The minimum Gasteiger partial charge on any atom is -0.508 e. The summed E-state index contributed by atoms with van der Waals surface area (Å²) in [6, 6.07) is 15.5. The SMILES string of the molecule is CCOc1ccc(CN(C)C(=NC)NCCCc2ccc(O)cc2)cc1. The van der Waals surface area contributed by atoms with Gasteiger partial charge in [0.05, 0.1) is 6.61 Å². The molecule has 2 N–H and O–H groups in total. The molecule has 0 saturated carbocycles. The van der Waals surface area contributed by atoms with Crippen molar-refractivity contribution in [2.24, 2.45) is 4.99 Å². The summed E-state index contributed by atoms with van der Waals surface area (Å²) < 4.78 is 5.48. The predicted molar refractivity (Wildman–Crippen MR) is 107 cm³/mol. The van der Waals surface area contributed by atoms with Crippen LogP contribution in [0.2, 0.25) is 0 Å². The van der Waals surface area contributed by atoms with Crippen LogP contribution in [0.1, 0.15) is 24.5 Å². The molecule has 0 heterocycles. The van der Waals surface area contributed by atoms with E-state index in [1.54, 1.807) is 19.2 Å². The second-order valence-electron chi connectivity index (χ2n) is 6.18. The van der Waals surface area contributed by atoms with E-state index in [0.717, 1.165) is 37.6 Å². The van der Waals surface area contributed by atoms with Gasteiger partial charge in [0, 0.05) is 27.2 Å². The molecule has 2 rings (SSSR count). The Bertz CT molecular complexity index is 681. The topological polar surface area (TPSA) is 57.1 Å². The summed E-state index contributed by atoms with van der Waals surface area (Å²) in [5, 5.41) is 12.7. The van der Waals surface area contributed by atoms with Crippen molar-refractivity contribution in [3.63, 3.8) is 0 Å². The lowest BCUT2D eigenvalue weighted by Gasteiger charge is -2.22. The first kappa shape index (κ1) is 19.6. The van der Waals surface area contributed by atoms with Crippen LogP contribution in [0.4, 0.5) is 0 Å². The Balaban J connectivity index is 1.77. The summed E-state index contributed by atoms with van der Waals surface area (Å²) in [6.45, 7) is 4.30. The standard InChI is InChI=1S/C21H29N3O2/c1-4-26-20-13-9-18(10-14-20)16-24(3)21(22-2)23-15-5-6-17-7-11-19(25)12-8-17/h7-14,25H,4-6,15-16H2,1-3H3,(H,22,23). The number of phenolic OH excluding ortho intramolecular Hbond substituents is 1. The van der Waals surface area contributed by atoms with Gasteiger partial charge in [0.2, 0.25) is 0 Å². The van der Waals surface area contributed by atoms with E-state index in [0.29, 0.717) is 12.4 Å². The maximum Gasteiger partial charge on any atom is 0.193 e. The zero-order chi connectivity index (χ0) is 18.8. The van der Waals surface area contributed by atoms with Gasteiger partial charge in [-0.05, 0) is 55.2 Å². The van der Waals surface area contributed by atoms with Crippen molar-refractivity contribution in [1.82, 2.24) is 10.2 Å². The number of hydrogen-bond donors (Lipinski definition) is 2. The van der Waals surface area contributed by atoms with E-state index in [2.05, 4.69) is 27.3 Å². The molecule has 0 fully saturated rings. The van der Waals surface area contributed by atoms with Crippen molar-refractivity contribution in [3.8, 4) is 11.5 Å². The molecule has 0 aromatic heterocycles. The highest BCUT2D eigenvalue weighted by Crippen LogP contribution is 2.13. The van der Waals surface area contributed by atoms with E-state index in [1.807, 2.05) is 38.2 Å². The third-order valence-corrected chi connectivity index (χ3v) is 4.09. The fourth-order valence-electron chi connectivity index (χ4n) is 2.75. The first-order valence-corrected chi connectivity index (χ1v) is 9.03. The van der Waals surface area contributed by atoms with Gasteiger partial charge in [-0.25, -0.2) is 0 Å². The number of aromatic hydroxyl groups is 1. The van der Waals surface area contributed by atoms with Crippen molar-refractivity contribution >= 4 is 5.96 Å².